The van der Waals surface area contributed by atoms with Gasteiger partial charge in [0, 0.05) is 10.6 Å². The predicted octanol–water partition coefficient (Wildman–Crippen LogP) is 5.97. The molecule has 0 fully saturated rings. The van der Waals surface area contributed by atoms with Crippen LogP contribution < -0.4 is 4.74 Å². The molecule has 0 aliphatic carbocycles. The molecule has 0 heterocycles. The first-order chi connectivity index (χ1) is 12.8. The Kier molecular flexibility index (Phi) is 7.80. The van der Waals surface area contributed by atoms with Gasteiger partial charge in [0.1, 0.15) is 5.75 Å². The molecule has 1 atom stereocenters. The summed E-state index contributed by atoms with van der Waals surface area (Å²) in [5, 5.41) is 10.1. The molecule has 27 heavy (non-hydrogen) atoms. The van der Waals surface area contributed by atoms with Crippen LogP contribution in [0.15, 0.2) is 53.4 Å². The molecule has 0 aliphatic rings. The lowest BCUT2D eigenvalue weighted by molar-refractivity contribution is -0.137. The van der Waals surface area contributed by atoms with Crippen LogP contribution in [0.25, 0.3) is 6.08 Å². The standard InChI is InChI=1S/C21H23F3O2S/c1-3-12-26-20-11-10-19(13-15(20)2)27-14-18(25)9-6-16-4-7-17(8-5-16)21(22,23)24/h4-11,13,18,25H,3,12,14H2,1-2H3. The molecule has 1 unspecified atom stereocenters. The Morgan fingerprint density at radius 3 is 2.44 bits per heavy atom. The minimum atomic E-state index is -4.34. The number of hydrogen-bond donors (Lipinski definition) is 1. The first-order valence-electron chi connectivity index (χ1n) is 8.69. The third kappa shape index (κ3) is 6.96. The molecule has 6 heteroatoms. The van der Waals surface area contributed by atoms with E-state index < -0.39 is 17.8 Å². The van der Waals surface area contributed by atoms with Crippen molar-refractivity contribution in [1.82, 2.24) is 0 Å². The largest absolute Gasteiger partial charge is 0.493 e. The van der Waals surface area contributed by atoms with E-state index in [9.17, 15) is 18.3 Å². The monoisotopic (exact) mass is 396 g/mol. The van der Waals surface area contributed by atoms with Crippen molar-refractivity contribution < 1.29 is 23.0 Å². The fourth-order valence-corrected chi connectivity index (χ4v) is 3.23. The highest BCUT2D eigenvalue weighted by atomic mass is 32.2. The van der Waals surface area contributed by atoms with Gasteiger partial charge in [-0.2, -0.15) is 13.2 Å². The second-order valence-corrected chi connectivity index (χ2v) is 7.23. The fourth-order valence-electron chi connectivity index (χ4n) is 2.33. The number of aryl methyl sites for hydroxylation is 1. The number of alkyl halides is 3. The Labute approximate surface area is 162 Å². The maximum atomic E-state index is 12.5. The van der Waals surface area contributed by atoms with Crippen LogP contribution in [0.2, 0.25) is 0 Å². The molecule has 2 nitrogen and oxygen atoms in total. The predicted molar refractivity (Wildman–Crippen MR) is 104 cm³/mol. The number of ether oxygens (including phenoxy) is 1. The van der Waals surface area contributed by atoms with Crippen LogP contribution in [-0.4, -0.2) is 23.6 Å². The Balaban J connectivity index is 1.87. The number of hydrogen-bond acceptors (Lipinski definition) is 3. The van der Waals surface area contributed by atoms with Crippen molar-refractivity contribution in [2.45, 2.75) is 37.4 Å². The third-order valence-electron chi connectivity index (χ3n) is 3.78. The highest BCUT2D eigenvalue weighted by molar-refractivity contribution is 7.99. The van der Waals surface area contributed by atoms with Gasteiger partial charge in [-0.3, -0.25) is 0 Å². The number of aliphatic hydroxyl groups is 1. The van der Waals surface area contributed by atoms with E-state index in [4.69, 9.17) is 4.74 Å². The smallest absolute Gasteiger partial charge is 0.416 e. The summed E-state index contributed by atoms with van der Waals surface area (Å²) in [7, 11) is 0. The quantitative estimate of drug-likeness (QED) is 0.558. The van der Waals surface area contributed by atoms with Crippen molar-refractivity contribution in [2.24, 2.45) is 0 Å². The van der Waals surface area contributed by atoms with Gasteiger partial charge < -0.3 is 9.84 Å². The van der Waals surface area contributed by atoms with Gasteiger partial charge in [-0.1, -0.05) is 31.2 Å². The van der Waals surface area contributed by atoms with E-state index in [1.165, 1.54) is 23.9 Å². The van der Waals surface area contributed by atoms with Gasteiger partial charge in [-0.05, 0) is 54.8 Å². The Morgan fingerprint density at radius 2 is 1.85 bits per heavy atom. The van der Waals surface area contributed by atoms with E-state index in [2.05, 4.69) is 6.92 Å². The van der Waals surface area contributed by atoms with Gasteiger partial charge in [0.15, 0.2) is 0 Å². The molecule has 2 rings (SSSR count). The lowest BCUT2D eigenvalue weighted by Gasteiger charge is -2.10. The summed E-state index contributed by atoms with van der Waals surface area (Å²) in [4.78, 5) is 1.03. The zero-order valence-electron chi connectivity index (χ0n) is 15.3. The van der Waals surface area contributed by atoms with E-state index in [0.29, 0.717) is 17.9 Å². The molecule has 146 valence electrons. The SMILES string of the molecule is CCCOc1ccc(SCC(O)C=Cc2ccc(C(F)(F)F)cc2)cc1C. The minimum absolute atomic E-state index is 0.450. The number of rotatable bonds is 8. The van der Waals surface area contributed by atoms with Crippen LogP contribution in [0.3, 0.4) is 0 Å². The summed E-state index contributed by atoms with van der Waals surface area (Å²) in [5.74, 6) is 1.31. The number of thioether (sulfide) groups is 1. The normalized spacial score (nSPS) is 13.1. The first kappa shape index (κ1) is 21.4. The molecule has 0 amide bonds. The average molecular weight is 396 g/mol. The van der Waals surface area contributed by atoms with E-state index in [1.54, 1.807) is 12.2 Å². The lowest BCUT2D eigenvalue weighted by atomic mass is 10.1. The van der Waals surface area contributed by atoms with E-state index in [1.807, 2.05) is 25.1 Å². The average Bonchev–Trinajstić information content (AvgIpc) is 2.63. The van der Waals surface area contributed by atoms with Crippen LogP contribution in [0.4, 0.5) is 13.2 Å². The van der Waals surface area contributed by atoms with Gasteiger partial charge in [-0.25, -0.2) is 0 Å². The molecule has 2 aromatic rings. The zero-order chi connectivity index (χ0) is 19.9. The van der Waals surface area contributed by atoms with Crippen molar-refractivity contribution in [3.8, 4) is 5.75 Å². The molecule has 0 saturated heterocycles. The molecule has 0 saturated carbocycles. The van der Waals surface area contributed by atoms with Crippen LogP contribution in [0.5, 0.6) is 5.75 Å². The molecule has 0 bridgehead atoms. The second kappa shape index (κ2) is 9.85. The van der Waals surface area contributed by atoms with Gasteiger partial charge >= 0.3 is 6.18 Å². The van der Waals surface area contributed by atoms with Gasteiger partial charge in [-0.15, -0.1) is 11.8 Å². The van der Waals surface area contributed by atoms with Crippen LogP contribution >= 0.6 is 11.8 Å². The molecular formula is C21H23F3O2S. The summed E-state index contributed by atoms with van der Waals surface area (Å²) >= 11 is 1.51. The van der Waals surface area contributed by atoms with Gasteiger partial charge in [0.25, 0.3) is 0 Å². The highest BCUT2D eigenvalue weighted by Crippen LogP contribution is 2.29. The number of aliphatic hydroxyl groups excluding tert-OH is 1. The molecule has 0 aliphatic heterocycles. The summed E-state index contributed by atoms with van der Waals surface area (Å²) in [5.41, 5.74) is 0.973. The minimum Gasteiger partial charge on any atom is -0.493 e. The van der Waals surface area contributed by atoms with Crippen LogP contribution in [0.1, 0.15) is 30.0 Å². The molecule has 2 aromatic carbocycles. The molecule has 0 spiro atoms. The Morgan fingerprint density at radius 1 is 1.15 bits per heavy atom. The van der Waals surface area contributed by atoms with Crippen molar-refractivity contribution in [2.75, 3.05) is 12.4 Å². The van der Waals surface area contributed by atoms with E-state index >= 15 is 0 Å². The molecule has 0 aromatic heterocycles. The van der Waals surface area contributed by atoms with Crippen LogP contribution in [-0.2, 0) is 6.18 Å². The van der Waals surface area contributed by atoms with Crippen LogP contribution in [0, 0.1) is 6.92 Å². The lowest BCUT2D eigenvalue weighted by Crippen LogP contribution is -2.05. The summed E-state index contributed by atoms with van der Waals surface area (Å²) < 4.78 is 43.3. The van der Waals surface area contributed by atoms with Gasteiger partial charge in [0.05, 0.1) is 18.3 Å². The maximum absolute atomic E-state index is 12.5. The second-order valence-electron chi connectivity index (χ2n) is 6.13. The van der Waals surface area contributed by atoms with Crippen molar-refractivity contribution in [3.05, 3.63) is 65.2 Å². The number of benzene rings is 2. The summed E-state index contributed by atoms with van der Waals surface area (Å²) in [6.07, 6.45) is -0.880. The maximum Gasteiger partial charge on any atom is 0.416 e. The third-order valence-corrected chi connectivity index (χ3v) is 4.87. The topological polar surface area (TPSA) is 29.5 Å². The summed E-state index contributed by atoms with van der Waals surface area (Å²) in [6.45, 7) is 4.72. The molecule has 0 radical (unpaired) electrons. The highest BCUT2D eigenvalue weighted by Gasteiger charge is 2.29. The fraction of sp³-hybridized carbons (Fsp3) is 0.333. The number of halogens is 3. The van der Waals surface area contributed by atoms with Crippen molar-refractivity contribution in [1.29, 1.82) is 0 Å². The van der Waals surface area contributed by atoms with Gasteiger partial charge in [0.2, 0.25) is 0 Å². The molecule has 1 N–H and O–H groups in total. The van der Waals surface area contributed by atoms with E-state index in [-0.39, 0.29) is 0 Å². The Hall–Kier alpha value is -1.92. The van der Waals surface area contributed by atoms with Crippen molar-refractivity contribution >= 4 is 17.8 Å². The molecular weight excluding hydrogens is 373 g/mol. The zero-order valence-corrected chi connectivity index (χ0v) is 16.1. The van der Waals surface area contributed by atoms with Crippen molar-refractivity contribution in [3.63, 3.8) is 0 Å². The van der Waals surface area contributed by atoms with E-state index in [0.717, 1.165) is 34.8 Å². The first-order valence-corrected chi connectivity index (χ1v) is 9.68. The Bertz CT molecular complexity index is 755. The summed E-state index contributed by atoms with van der Waals surface area (Å²) in [6, 6.07) is 10.7.